The Hall–Kier alpha value is -2.96. The highest BCUT2D eigenvalue weighted by atomic mass is 16.5. The lowest BCUT2D eigenvalue weighted by atomic mass is 10.2. The number of aromatic nitrogens is 2. The fourth-order valence-corrected chi connectivity index (χ4v) is 3.78. The summed E-state index contributed by atoms with van der Waals surface area (Å²) in [7, 11) is 0. The lowest BCUT2D eigenvalue weighted by molar-refractivity contribution is 0.270. The van der Waals surface area contributed by atoms with Crippen LogP contribution >= 0.6 is 0 Å². The number of anilines is 1. The highest BCUT2D eigenvalue weighted by Crippen LogP contribution is 2.19. The molecule has 1 aliphatic heterocycles. The van der Waals surface area contributed by atoms with Crippen molar-refractivity contribution in [1.29, 1.82) is 0 Å². The van der Waals surface area contributed by atoms with Crippen LogP contribution in [-0.2, 0) is 19.7 Å². The number of hydrogen-bond donors (Lipinski definition) is 1. The number of pyridine rings is 2. The summed E-state index contributed by atoms with van der Waals surface area (Å²) in [5.74, 6) is 1.98. The van der Waals surface area contributed by atoms with Gasteiger partial charge in [-0.15, -0.1) is 0 Å². The highest BCUT2D eigenvalue weighted by Gasteiger charge is 2.16. The molecule has 2 aromatic heterocycles. The summed E-state index contributed by atoms with van der Waals surface area (Å²) in [6.45, 7) is 9.71. The highest BCUT2D eigenvalue weighted by molar-refractivity contribution is 5.40. The summed E-state index contributed by atoms with van der Waals surface area (Å²) in [6.07, 6.45) is 5.59. The lowest BCUT2D eigenvalue weighted by Gasteiger charge is -2.34. The van der Waals surface area contributed by atoms with Crippen LogP contribution in [0.2, 0.25) is 0 Å². The quantitative estimate of drug-likeness (QED) is 0.575. The van der Waals surface area contributed by atoms with Gasteiger partial charge in [-0.3, -0.25) is 4.98 Å². The summed E-state index contributed by atoms with van der Waals surface area (Å²) in [5.41, 5.74) is 3.39. The molecule has 0 bridgehead atoms. The number of hydrogen-bond acceptors (Lipinski definition) is 6. The molecule has 4 rings (SSSR count). The Morgan fingerprint density at radius 2 is 1.77 bits per heavy atom. The van der Waals surface area contributed by atoms with Crippen LogP contribution < -0.4 is 15.0 Å². The number of nitrogens with zero attached hydrogens (tertiary/aromatic N) is 4. The number of ether oxygens (including phenoxy) is 1. The van der Waals surface area contributed by atoms with Crippen molar-refractivity contribution in [2.45, 2.75) is 26.6 Å². The molecule has 3 heterocycles. The normalized spacial score (nSPS) is 14.5. The van der Waals surface area contributed by atoms with Gasteiger partial charge in [-0.2, -0.15) is 0 Å². The van der Waals surface area contributed by atoms with Crippen molar-refractivity contribution in [2.75, 3.05) is 37.6 Å². The Balaban J connectivity index is 1.27. The maximum absolute atomic E-state index is 6.02. The zero-order chi connectivity index (χ0) is 21.3. The minimum Gasteiger partial charge on any atom is -0.489 e. The molecule has 1 aliphatic rings. The number of nitrogens with one attached hydrogen (secondary N) is 1. The van der Waals surface area contributed by atoms with Gasteiger partial charge in [-0.1, -0.05) is 37.3 Å². The van der Waals surface area contributed by atoms with E-state index in [4.69, 9.17) is 9.72 Å². The minimum atomic E-state index is 0.517. The van der Waals surface area contributed by atoms with Crippen LogP contribution in [0.1, 0.15) is 23.6 Å². The minimum absolute atomic E-state index is 0.517. The Morgan fingerprint density at radius 1 is 0.903 bits per heavy atom. The van der Waals surface area contributed by atoms with E-state index >= 15 is 0 Å². The van der Waals surface area contributed by atoms with E-state index in [2.05, 4.69) is 45.2 Å². The van der Waals surface area contributed by atoms with E-state index in [0.717, 1.165) is 68.5 Å². The Labute approximate surface area is 184 Å². The third-order valence-electron chi connectivity index (χ3n) is 5.69. The number of rotatable bonds is 9. The van der Waals surface area contributed by atoms with Crippen LogP contribution in [0.15, 0.2) is 67.1 Å². The second-order valence-electron chi connectivity index (χ2n) is 7.81. The molecule has 6 heteroatoms. The van der Waals surface area contributed by atoms with Crippen LogP contribution in [-0.4, -0.2) is 47.6 Å². The van der Waals surface area contributed by atoms with Gasteiger partial charge >= 0.3 is 0 Å². The van der Waals surface area contributed by atoms with Crippen LogP contribution in [0, 0.1) is 0 Å². The second kappa shape index (κ2) is 10.9. The van der Waals surface area contributed by atoms with Gasteiger partial charge in [-0.05, 0) is 30.3 Å². The lowest BCUT2D eigenvalue weighted by Crippen LogP contribution is -2.46. The molecule has 162 valence electrons. The van der Waals surface area contributed by atoms with Gasteiger partial charge in [0.1, 0.15) is 18.2 Å². The first-order chi connectivity index (χ1) is 15.3. The molecule has 1 aromatic carbocycles. The van der Waals surface area contributed by atoms with E-state index in [0.29, 0.717) is 6.61 Å². The van der Waals surface area contributed by atoms with Gasteiger partial charge in [0.2, 0.25) is 0 Å². The largest absolute Gasteiger partial charge is 0.489 e. The number of piperazine rings is 1. The molecular weight excluding hydrogens is 386 g/mol. The Bertz CT molecular complexity index is 924. The maximum atomic E-state index is 6.02. The summed E-state index contributed by atoms with van der Waals surface area (Å²) in [6, 6.07) is 16.4. The zero-order valence-electron chi connectivity index (χ0n) is 18.2. The van der Waals surface area contributed by atoms with Gasteiger partial charge in [0, 0.05) is 69.0 Å². The summed E-state index contributed by atoms with van der Waals surface area (Å²) >= 11 is 0. The monoisotopic (exact) mass is 417 g/mol. The fourth-order valence-electron chi connectivity index (χ4n) is 3.78. The molecule has 0 saturated carbocycles. The van der Waals surface area contributed by atoms with E-state index < -0.39 is 0 Å². The zero-order valence-corrected chi connectivity index (χ0v) is 18.2. The molecule has 3 aromatic rings. The first kappa shape index (κ1) is 21.3. The SMILES string of the molecule is CCN1CCN(c2ccc(CNCc3ccccc3OCc3cccnc3)cn2)CC1. The van der Waals surface area contributed by atoms with E-state index in [1.165, 1.54) is 5.56 Å². The predicted octanol–water partition coefficient (Wildman–Crippen LogP) is 3.49. The van der Waals surface area contributed by atoms with Gasteiger partial charge in [0.05, 0.1) is 0 Å². The predicted molar refractivity (Wildman–Crippen MR) is 124 cm³/mol. The van der Waals surface area contributed by atoms with E-state index in [1.807, 2.05) is 42.7 Å². The Morgan fingerprint density at radius 3 is 2.52 bits per heavy atom. The van der Waals surface area contributed by atoms with E-state index in [9.17, 15) is 0 Å². The standard InChI is InChI=1S/C25H31N5O/c1-2-29-12-14-30(15-13-29)25-10-9-21(18-28-25)16-27-19-23-7-3-4-8-24(23)31-20-22-6-5-11-26-17-22/h3-11,17-18,27H,2,12-16,19-20H2,1H3. The van der Waals surface area contributed by atoms with Crippen LogP contribution in [0.5, 0.6) is 5.75 Å². The van der Waals surface area contributed by atoms with Crippen molar-refractivity contribution in [1.82, 2.24) is 20.2 Å². The van der Waals surface area contributed by atoms with Crippen LogP contribution in [0.25, 0.3) is 0 Å². The van der Waals surface area contributed by atoms with E-state index in [1.54, 1.807) is 6.20 Å². The molecule has 1 fully saturated rings. The molecule has 1 N–H and O–H groups in total. The molecule has 31 heavy (non-hydrogen) atoms. The van der Waals surface area contributed by atoms with Crippen molar-refractivity contribution in [3.8, 4) is 5.75 Å². The molecule has 0 unspecified atom stereocenters. The second-order valence-corrected chi connectivity index (χ2v) is 7.81. The van der Waals surface area contributed by atoms with Crippen molar-refractivity contribution >= 4 is 5.82 Å². The average Bonchev–Trinajstić information content (AvgIpc) is 2.84. The van der Waals surface area contributed by atoms with Crippen molar-refractivity contribution in [2.24, 2.45) is 0 Å². The molecule has 1 saturated heterocycles. The van der Waals surface area contributed by atoms with Crippen LogP contribution in [0.4, 0.5) is 5.82 Å². The number of para-hydroxylation sites is 1. The molecular formula is C25H31N5O. The molecule has 0 aliphatic carbocycles. The summed E-state index contributed by atoms with van der Waals surface area (Å²) in [4.78, 5) is 13.7. The van der Waals surface area contributed by atoms with Crippen molar-refractivity contribution in [3.05, 3.63) is 83.8 Å². The van der Waals surface area contributed by atoms with Crippen LogP contribution in [0.3, 0.4) is 0 Å². The fraction of sp³-hybridized carbons (Fsp3) is 0.360. The first-order valence-electron chi connectivity index (χ1n) is 11.0. The maximum Gasteiger partial charge on any atom is 0.128 e. The first-order valence-corrected chi connectivity index (χ1v) is 11.0. The number of likely N-dealkylation sites (N-methyl/N-ethyl adjacent to an activating group) is 1. The van der Waals surface area contributed by atoms with E-state index in [-0.39, 0.29) is 0 Å². The third kappa shape index (κ3) is 6.03. The third-order valence-corrected chi connectivity index (χ3v) is 5.69. The van der Waals surface area contributed by atoms with Gasteiger partial charge in [-0.25, -0.2) is 4.98 Å². The molecule has 0 spiro atoms. The Kier molecular flexibility index (Phi) is 7.47. The smallest absolute Gasteiger partial charge is 0.128 e. The topological polar surface area (TPSA) is 53.5 Å². The molecule has 6 nitrogen and oxygen atoms in total. The average molecular weight is 418 g/mol. The van der Waals surface area contributed by atoms with Gasteiger partial charge in [0.15, 0.2) is 0 Å². The molecule has 0 amide bonds. The van der Waals surface area contributed by atoms with Gasteiger partial charge in [0.25, 0.3) is 0 Å². The summed E-state index contributed by atoms with van der Waals surface area (Å²) in [5, 5.41) is 3.52. The number of benzene rings is 1. The summed E-state index contributed by atoms with van der Waals surface area (Å²) < 4.78 is 6.02. The van der Waals surface area contributed by atoms with Gasteiger partial charge < -0.3 is 19.9 Å². The van der Waals surface area contributed by atoms with Crippen molar-refractivity contribution < 1.29 is 4.74 Å². The van der Waals surface area contributed by atoms with Crippen molar-refractivity contribution in [3.63, 3.8) is 0 Å². The molecule has 0 atom stereocenters. The molecule has 0 radical (unpaired) electrons.